The summed E-state index contributed by atoms with van der Waals surface area (Å²) in [5, 5.41) is 2.62. The molecule has 0 aliphatic carbocycles. The van der Waals surface area contributed by atoms with Gasteiger partial charge < -0.3 is 29.5 Å². The van der Waals surface area contributed by atoms with E-state index in [9.17, 15) is 18.8 Å². The lowest BCUT2D eigenvalue weighted by Gasteiger charge is -2.39. The molecule has 1 atom stereocenters. The minimum Gasteiger partial charge on any atom is -0.442 e. The molecule has 0 bridgehead atoms. The van der Waals surface area contributed by atoms with E-state index in [1.807, 2.05) is 4.90 Å². The Morgan fingerprint density at radius 3 is 2.44 bits per heavy atom. The second kappa shape index (κ2) is 9.60. The zero-order valence-electron chi connectivity index (χ0n) is 18.1. The predicted octanol–water partition coefficient (Wildman–Crippen LogP) is 0.861. The van der Waals surface area contributed by atoms with Crippen LogP contribution in [0.15, 0.2) is 18.2 Å². The molecule has 4 amide bonds. The topological polar surface area (TPSA) is 94.7 Å². The molecule has 3 aliphatic heterocycles. The molecule has 174 valence electrons. The zero-order chi connectivity index (χ0) is 22.7. The zero-order valence-corrected chi connectivity index (χ0v) is 18.1. The average Bonchev–Trinajstić information content (AvgIpc) is 3.18. The van der Waals surface area contributed by atoms with Crippen molar-refractivity contribution >= 4 is 29.4 Å². The highest BCUT2D eigenvalue weighted by Crippen LogP contribution is 2.28. The highest BCUT2D eigenvalue weighted by Gasteiger charge is 2.33. The Kier molecular flexibility index (Phi) is 6.63. The van der Waals surface area contributed by atoms with Gasteiger partial charge in [0.2, 0.25) is 5.91 Å². The number of anilines is 2. The summed E-state index contributed by atoms with van der Waals surface area (Å²) in [5.74, 6) is -0.643. The first-order valence-corrected chi connectivity index (χ1v) is 10.8. The molecule has 10 nitrogen and oxygen atoms in total. The highest BCUT2D eigenvalue weighted by atomic mass is 19.1. The van der Waals surface area contributed by atoms with Crippen LogP contribution in [-0.4, -0.2) is 99.5 Å². The lowest BCUT2D eigenvalue weighted by Crippen LogP contribution is -2.55. The molecule has 1 aromatic rings. The molecule has 1 aromatic carbocycles. The lowest BCUT2D eigenvalue weighted by molar-refractivity contribution is -0.119. The third-order valence-corrected chi connectivity index (χ3v) is 5.87. The van der Waals surface area contributed by atoms with Crippen LogP contribution >= 0.6 is 0 Å². The van der Waals surface area contributed by atoms with Crippen LogP contribution in [0.4, 0.5) is 25.4 Å². The number of hydrogen-bond acceptors (Lipinski definition) is 6. The number of benzene rings is 1. The maximum Gasteiger partial charge on any atom is 0.414 e. The molecule has 0 saturated carbocycles. The summed E-state index contributed by atoms with van der Waals surface area (Å²) in [4.78, 5) is 42.7. The van der Waals surface area contributed by atoms with Crippen molar-refractivity contribution in [2.75, 3.05) is 75.4 Å². The van der Waals surface area contributed by atoms with Crippen LogP contribution in [-0.2, 0) is 14.3 Å². The summed E-state index contributed by atoms with van der Waals surface area (Å²) in [5.41, 5.74) is 0.845. The molecule has 11 heteroatoms. The fourth-order valence-electron chi connectivity index (χ4n) is 4.11. The fourth-order valence-corrected chi connectivity index (χ4v) is 4.11. The van der Waals surface area contributed by atoms with E-state index >= 15 is 0 Å². The van der Waals surface area contributed by atoms with Crippen LogP contribution in [0.3, 0.4) is 0 Å². The van der Waals surface area contributed by atoms with E-state index in [0.29, 0.717) is 63.9 Å². The molecule has 1 unspecified atom stereocenters. The van der Waals surface area contributed by atoms with E-state index in [1.54, 1.807) is 21.9 Å². The van der Waals surface area contributed by atoms with Crippen molar-refractivity contribution in [3.8, 4) is 0 Å². The minimum atomic E-state index is -0.567. The number of halogens is 1. The highest BCUT2D eigenvalue weighted by molar-refractivity contribution is 5.90. The standard InChI is InChI=1S/C21H28FN5O5/c1-15(28)23-13-17-14-27(21(30)32-17)16-2-3-19(18(22)12-16)24-4-6-25(7-5-24)20(29)26-8-10-31-11-9-26/h2-3,12,17H,4-11,13-14H2,1H3,(H,23,28). The van der Waals surface area contributed by atoms with Crippen molar-refractivity contribution in [1.29, 1.82) is 0 Å². The molecule has 32 heavy (non-hydrogen) atoms. The van der Waals surface area contributed by atoms with Gasteiger partial charge in [-0.3, -0.25) is 9.69 Å². The number of hydrogen-bond donors (Lipinski definition) is 1. The van der Waals surface area contributed by atoms with E-state index < -0.39 is 18.0 Å². The Labute approximate surface area is 185 Å². The molecular weight excluding hydrogens is 421 g/mol. The van der Waals surface area contributed by atoms with Gasteiger partial charge in [0, 0.05) is 46.2 Å². The van der Waals surface area contributed by atoms with Crippen LogP contribution in [0.1, 0.15) is 6.92 Å². The molecule has 3 saturated heterocycles. The smallest absolute Gasteiger partial charge is 0.414 e. The number of piperazine rings is 1. The Balaban J connectivity index is 1.34. The number of nitrogens with zero attached hydrogens (tertiary/aromatic N) is 4. The van der Waals surface area contributed by atoms with Crippen molar-refractivity contribution in [3.05, 3.63) is 24.0 Å². The normalized spacial score (nSPS) is 21.6. The van der Waals surface area contributed by atoms with Gasteiger partial charge in [-0.15, -0.1) is 0 Å². The van der Waals surface area contributed by atoms with Crippen LogP contribution in [0, 0.1) is 5.82 Å². The Hall–Kier alpha value is -3.08. The van der Waals surface area contributed by atoms with Crippen molar-refractivity contribution in [3.63, 3.8) is 0 Å². The second-order valence-electron chi connectivity index (χ2n) is 8.05. The average molecular weight is 449 g/mol. The predicted molar refractivity (Wildman–Crippen MR) is 114 cm³/mol. The maximum absolute atomic E-state index is 14.9. The van der Waals surface area contributed by atoms with Crippen molar-refractivity contribution < 1.29 is 28.2 Å². The number of urea groups is 1. The van der Waals surface area contributed by atoms with Gasteiger partial charge in [0.25, 0.3) is 0 Å². The van der Waals surface area contributed by atoms with Gasteiger partial charge in [0.15, 0.2) is 0 Å². The third kappa shape index (κ3) is 4.87. The van der Waals surface area contributed by atoms with Gasteiger partial charge in [-0.25, -0.2) is 14.0 Å². The van der Waals surface area contributed by atoms with E-state index in [4.69, 9.17) is 9.47 Å². The lowest BCUT2D eigenvalue weighted by atomic mass is 10.2. The number of carbonyl (C=O) groups is 3. The number of amides is 4. The van der Waals surface area contributed by atoms with Gasteiger partial charge in [-0.05, 0) is 18.2 Å². The summed E-state index contributed by atoms with van der Waals surface area (Å²) >= 11 is 0. The Morgan fingerprint density at radius 1 is 1.09 bits per heavy atom. The van der Waals surface area contributed by atoms with Crippen molar-refractivity contribution in [2.45, 2.75) is 13.0 Å². The number of cyclic esters (lactones) is 1. The number of nitrogens with one attached hydrogen (secondary N) is 1. The molecule has 3 heterocycles. The fraction of sp³-hybridized carbons (Fsp3) is 0.571. The first kappa shape index (κ1) is 22.1. The maximum atomic E-state index is 14.9. The number of carbonyl (C=O) groups excluding carboxylic acids is 3. The molecule has 0 aromatic heterocycles. The SMILES string of the molecule is CC(=O)NCC1CN(c2ccc(N3CCN(C(=O)N4CCOCC4)CC3)c(F)c2)C(=O)O1. The summed E-state index contributed by atoms with van der Waals surface area (Å²) < 4.78 is 25.5. The van der Waals surface area contributed by atoms with E-state index in [0.717, 1.165) is 0 Å². The Bertz CT molecular complexity index is 870. The molecule has 1 N–H and O–H groups in total. The van der Waals surface area contributed by atoms with Gasteiger partial charge in [0.05, 0.1) is 37.7 Å². The van der Waals surface area contributed by atoms with Crippen molar-refractivity contribution in [1.82, 2.24) is 15.1 Å². The summed E-state index contributed by atoms with van der Waals surface area (Å²) in [6.45, 7) is 6.23. The molecule has 0 radical (unpaired) electrons. The molecule has 4 rings (SSSR count). The second-order valence-corrected chi connectivity index (χ2v) is 8.05. The summed E-state index contributed by atoms with van der Waals surface area (Å²) in [7, 11) is 0. The largest absolute Gasteiger partial charge is 0.442 e. The molecular formula is C21H28FN5O5. The van der Waals surface area contributed by atoms with Crippen LogP contribution in [0.2, 0.25) is 0 Å². The quantitative estimate of drug-likeness (QED) is 0.733. The summed E-state index contributed by atoms with van der Waals surface area (Å²) in [6, 6.07) is 4.66. The van der Waals surface area contributed by atoms with Gasteiger partial charge in [0.1, 0.15) is 11.9 Å². The van der Waals surface area contributed by atoms with E-state index in [-0.39, 0.29) is 25.0 Å². The first-order valence-electron chi connectivity index (χ1n) is 10.8. The number of morpholine rings is 1. The molecule has 0 spiro atoms. The molecule has 3 fully saturated rings. The number of ether oxygens (including phenoxy) is 2. The summed E-state index contributed by atoms with van der Waals surface area (Å²) in [6.07, 6.45) is -1.05. The monoisotopic (exact) mass is 449 g/mol. The van der Waals surface area contributed by atoms with Gasteiger partial charge in [-0.2, -0.15) is 0 Å². The van der Waals surface area contributed by atoms with E-state index in [1.165, 1.54) is 17.9 Å². The minimum absolute atomic E-state index is 0.00475. The van der Waals surface area contributed by atoms with Crippen LogP contribution in [0.5, 0.6) is 0 Å². The van der Waals surface area contributed by atoms with Crippen molar-refractivity contribution in [2.24, 2.45) is 0 Å². The third-order valence-electron chi connectivity index (χ3n) is 5.87. The Morgan fingerprint density at radius 2 is 1.78 bits per heavy atom. The van der Waals surface area contributed by atoms with Gasteiger partial charge >= 0.3 is 12.1 Å². The molecule has 3 aliphatic rings. The number of rotatable bonds is 4. The van der Waals surface area contributed by atoms with Crippen LogP contribution < -0.4 is 15.1 Å². The van der Waals surface area contributed by atoms with E-state index in [2.05, 4.69) is 5.32 Å². The van der Waals surface area contributed by atoms with Gasteiger partial charge in [-0.1, -0.05) is 0 Å². The van der Waals surface area contributed by atoms with Crippen LogP contribution in [0.25, 0.3) is 0 Å². The first-order chi connectivity index (χ1) is 15.4.